The monoisotopic (exact) mass is 312 g/mol. The lowest BCUT2D eigenvalue weighted by Gasteiger charge is -2.07. The molecule has 0 atom stereocenters. The van der Waals surface area contributed by atoms with E-state index >= 15 is 0 Å². The molecule has 2 rings (SSSR count). The van der Waals surface area contributed by atoms with Crippen LogP contribution in [0.25, 0.3) is 5.69 Å². The average molecular weight is 313 g/mol. The summed E-state index contributed by atoms with van der Waals surface area (Å²) in [5.41, 5.74) is 3.12. The summed E-state index contributed by atoms with van der Waals surface area (Å²) in [6, 6.07) is 7.78. The second-order valence-corrected chi connectivity index (χ2v) is 7.12. The summed E-state index contributed by atoms with van der Waals surface area (Å²) in [6.45, 7) is 5.76. The molecule has 0 saturated carbocycles. The van der Waals surface area contributed by atoms with Gasteiger partial charge in [-0.15, -0.1) is 0 Å². The van der Waals surface area contributed by atoms with Crippen LogP contribution in [0.5, 0.6) is 0 Å². The molecule has 0 bridgehead atoms. The van der Waals surface area contributed by atoms with Crippen LogP contribution in [0.2, 0.25) is 0 Å². The molecule has 6 heteroatoms. The van der Waals surface area contributed by atoms with E-state index in [9.17, 15) is 8.42 Å². The SMILES string of the molecule is CCc1nn(-c2ccc(C)cc2)c(CC)c1S(=O)(=O)Cl. The summed E-state index contributed by atoms with van der Waals surface area (Å²) in [6.07, 6.45) is 1.06. The molecule has 0 N–H and O–H groups in total. The summed E-state index contributed by atoms with van der Waals surface area (Å²) in [7, 11) is 1.78. The van der Waals surface area contributed by atoms with Crippen LogP contribution in [0.3, 0.4) is 0 Å². The average Bonchev–Trinajstić information content (AvgIpc) is 2.78. The minimum atomic E-state index is -3.79. The Bertz CT molecular complexity index is 718. The zero-order valence-corrected chi connectivity index (χ0v) is 13.3. The third-order valence-electron chi connectivity index (χ3n) is 3.19. The molecule has 4 nitrogen and oxygen atoms in total. The number of nitrogens with zero attached hydrogens (tertiary/aromatic N) is 2. The van der Waals surface area contributed by atoms with Gasteiger partial charge in [-0.1, -0.05) is 31.5 Å². The maximum atomic E-state index is 11.8. The first-order valence-corrected chi connectivity index (χ1v) is 8.81. The van der Waals surface area contributed by atoms with Crippen molar-refractivity contribution in [3.63, 3.8) is 0 Å². The fourth-order valence-corrected chi connectivity index (χ4v) is 3.72. The van der Waals surface area contributed by atoms with Crippen LogP contribution in [0.15, 0.2) is 29.2 Å². The third kappa shape index (κ3) is 2.74. The maximum Gasteiger partial charge on any atom is 0.265 e. The summed E-state index contributed by atoms with van der Waals surface area (Å²) in [5, 5.41) is 4.42. The Hall–Kier alpha value is -1.33. The van der Waals surface area contributed by atoms with Crippen LogP contribution in [-0.4, -0.2) is 18.2 Å². The molecule has 0 radical (unpaired) electrons. The number of benzene rings is 1. The number of rotatable bonds is 4. The van der Waals surface area contributed by atoms with Crippen molar-refractivity contribution in [1.82, 2.24) is 9.78 Å². The van der Waals surface area contributed by atoms with Crippen molar-refractivity contribution in [2.45, 2.75) is 38.5 Å². The first kappa shape index (κ1) is 15.1. The fourth-order valence-electron chi connectivity index (χ4n) is 2.21. The normalized spacial score (nSPS) is 11.8. The van der Waals surface area contributed by atoms with Crippen LogP contribution < -0.4 is 0 Å². The Kier molecular flexibility index (Phi) is 4.20. The molecular weight excluding hydrogens is 296 g/mol. The van der Waals surface area contributed by atoms with E-state index < -0.39 is 9.05 Å². The molecule has 0 unspecified atom stereocenters. The van der Waals surface area contributed by atoms with Crippen molar-refractivity contribution in [2.75, 3.05) is 0 Å². The van der Waals surface area contributed by atoms with Gasteiger partial charge in [0.15, 0.2) is 0 Å². The number of aromatic nitrogens is 2. The lowest BCUT2D eigenvalue weighted by Crippen LogP contribution is -2.03. The van der Waals surface area contributed by atoms with Gasteiger partial charge in [-0.2, -0.15) is 5.10 Å². The van der Waals surface area contributed by atoms with Gasteiger partial charge in [0.25, 0.3) is 9.05 Å². The number of aryl methyl sites for hydroxylation is 2. The van der Waals surface area contributed by atoms with Crippen LogP contribution in [0.1, 0.15) is 30.8 Å². The van der Waals surface area contributed by atoms with Crippen LogP contribution in [-0.2, 0) is 21.9 Å². The zero-order valence-electron chi connectivity index (χ0n) is 11.7. The molecule has 0 aliphatic carbocycles. The molecule has 2 aromatic rings. The predicted molar refractivity (Wildman–Crippen MR) is 80.1 cm³/mol. The molecule has 0 fully saturated rings. The predicted octanol–water partition coefficient (Wildman–Crippen LogP) is 3.23. The van der Waals surface area contributed by atoms with Crippen molar-refractivity contribution in [3.8, 4) is 5.69 Å². The fraction of sp³-hybridized carbons (Fsp3) is 0.357. The third-order valence-corrected chi connectivity index (χ3v) is 4.61. The van der Waals surface area contributed by atoms with Crippen molar-refractivity contribution in [1.29, 1.82) is 0 Å². The highest BCUT2D eigenvalue weighted by Crippen LogP contribution is 2.27. The van der Waals surface area contributed by atoms with Gasteiger partial charge in [0.05, 0.1) is 17.1 Å². The second-order valence-electron chi connectivity index (χ2n) is 4.61. The number of hydrogen-bond acceptors (Lipinski definition) is 3. The summed E-state index contributed by atoms with van der Waals surface area (Å²) >= 11 is 0. The largest absolute Gasteiger partial charge is 0.265 e. The molecule has 108 valence electrons. The van der Waals surface area contributed by atoms with Crippen LogP contribution in [0, 0.1) is 6.92 Å². The van der Waals surface area contributed by atoms with Crippen molar-refractivity contribution >= 4 is 19.7 Å². The Morgan fingerprint density at radius 1 is 1.15 bits per heavy atom. The molecule has 1 aromatic carbocycles. The summed E-state index contributed by atoms with van der Waals surface area (Å²) in [5.74, 6) is 0. The lowest BCUT2D eigenvalue weighted by atomic mass is 10.2. The quantitative estimate of drug-likeness (QED) is 0.814. The molecule has 0 saturated heterocycles. The highest BCUT2D eigenvalue weighted by Gasteiger charge is 2.25. The van der Waals surface area contributed by atoms with E-state index in [4.69, 9.17) is 10.7 Å². The van der Waals surface area contributed by atoms with Gasteiger partial charge in [0.2, 0.25) is 0 Å². The minimum absolute atomic E-state index is 0.157. The molecule has 20 heavy (non-hydrogen) atoms. The van der Waals surface area contributed by atoms with Gasteiger partial charge in [-0.3, -0.25) is 0 Å². The van der Waals surface area contributed by atoms with Gasteiger partial charge in [-0.25, -0.2) is 13.1 Å². The Labute approximate surface area is 123 Å². The van der Waals surface area contributed by atoms with Gasteiger partial charge in [0, 0.05) is 10.7 Å². The molecule has 0 spiro atoms. The topological polar surface area (TPSA) is 52.0 Å². The van der Waals surface area contributed by atoms with E-state index in [1.165, 1.54) is 0 Å². The molecule has 0 aliphatic heterocycles. The minimum Gasteiger partial charge on any atom is -0.236 e. The van der Waals surface area contributed by atoms with Crippen molar-refractivity contribution in [3.05, 3.63) is 41.2 Å². The van der Waals surface area contributed by atoms with Gasteiger partial charge in [0.1, 0.15) is 4.90 Å². The van der Waals surface area contributed by atoms with Crippen LogP contribution >= 0.6 is 10.7 Å². The second kappa shape index (κ2) is 5.58. The standard InChI is InChI=1S/C14H17ClN2O2S/c1-4-12-14(20(15,18)19)13(5-2)17(16-12)11-8-6-10(3)7-9-11/h6-9H,4-5H2,1-3H3. The van der Waals surface area contributed by atoms with E-state index in [1.807, 2.05) is 45.0 Å². The number of hydrogen-bond donors (Lipinski definition) is 0. The van der Waals surface area contributed by atoms with E-state index in [0.717, 1.165) is 11.3 Å². The molecule has 1 aromatic heterocycles. The number of halogens is 1. The Morgan fingerprint density at radius 2 is 1.75 bits per heavy atom. The van der Waals surface area contributed by atoms with Crippen LogP contribution in [0.4, 0.5) is 0 Å². The van der Waals surface area contributed by atoms with E-state index in [0.29, 0.717) is 24.2 Å². The van der Waals surface area contributed by atoms with Crippen molar-refractivity contribution < 1.29 is 8.42 Å². The van der Waals surface area contributed by atoms with Gasteiger partial charge >= 0.3 is 0 Å². The first-order chi connectivity index (χ1) is 9.38. The van der Waals surface area contributed by atoms with E-state index in [-0.39, 0.29) is 4.90 Å². The van der Waals surface area contributed by atoms with E-state index in [1.54, 1.807) is 4.68 Å². The highest BCUT2D eigenvalue weighted by atomic mass is 35.7. The molecule has 0 aliphatic rings. The van der Waals surface area contributed by atoms with Gasteiger partial charge < -0.3 is 0 Å². The molecular formula is C14H17ClN2O2S. The summed E-state index contributed by atoms with van der Waals surface area (Å²) in [4.78, 5) is 0.157. The maximum absolute atomic E-state index is 11.8. The van der Waals surface area contributed by atoms with Gasteiger partial charge in [-0.05, 0) is 31.9 Å². The first-order valence-electron chi connectivity index (χ1n) is 6.51. The van der Waals surface area contributed by atoms with E-state index in [2.05, 4.69) is 5.10 Å². The highest BCUT2D eigenvalue weighted by molar-refractivity contribution is 8.13. The Morgan fingerprint density at radius 3 is 2.20 bits per heavy atom. The zero-order chi connectivity index (χ0) is 14.9. The molecule has 0 amide bonds. The Balaban J connectivity index is 2.72. The summed E-state index contributed by atoms with van der Waals surface area (Å²) < 4.78 is 25.3. The lowest BCUT2D eigenvalue weighted by molar-refractivity contribution is 0.607. The molecule has 1 heterocycles. The smallest absolute Gasteiger partial charge is 0.236 e. The van der Waals surface area contributed by atoms with Crippen molar-refractivity contribution in [2.24, 2.45) is 0 Å².